The third-order valence-corrected chi connectivity index (χ3v) is 2.49. The second-order valence-corrected chi connectivity index (χ2v) is 4.68. The molecule has 1 N–H and O–H groups in total. The number of hydrogen-bond donors (Lipinski definition) is 1. The zero-order valence-electron chi connectivity index (χ0n) is 11.1. The van der Waals surface area contributed by atoms with Gasteiger partial charge in [-0.05, 0) is 12.0 Å². The summed E-state index contributed by atoms with van der Waals surface area (Å²) in [6.45, 7) is 5.31. The lowest BCUT2D eigenvalue weighted by molar-refractivity contribution is 0.613. The van der Waals surface area contributed by atoms with Crippen LogP contribution in [0.25, 0.3) is 0 Å². The fraction of sp³-hybridized carbons (Fsp3) is 0.385. The summed E-state index contributed by atoms with van der Waals surface area (Å²) >= 11 is 0. The van der Waals surface area contributed by atoms with Crippen LogP contribution in [0.3, 0.4) is 0 Å². The van der Waals surface area contributed by atoms with Gasteiger partial charge in [0, 0.05) is 25.0 Å². The maximum Gasteiger partial charge on any atom is 0.269 e. The van der Waals surface area contributed by atoms with E-state index in [1.54, 1.807) is 30.7 Å². The summed E-state index contributed by atoms with van der Waals surface area (Å²) < 4.78 is 1.34. The number of anilines is 1. The van der Waals surface area contributed by atoms with E-state index >= 15 is 0 Å². The van der Waals surface area contributed by atoms with Gasteiger partial charge >= 0.3 is 0 Å². The monoisotopic (exact) mass is 259 g/mol. The molecule has 6 heteroatoms. The third kappa shape index (κ3) is 3.87. The molecule has 0 aliphatic carbocycles. The summed E-state index contributed by atoms with van der Waals surface area (Å²) in [6.07, 6.45) is 4.94. The first-order valence-electron chi connectivity index (χ1n) is 6.22. The van der Waals surface area contributed by atoms with Gasteiger partial charge in [-0.1, -0.05) is 13.8 Å². The van der Waals surface area contributed by atoms with Crippen LogP contribution in [-0.4, -0.2) is 26.3 Å². The summed E-state index contributed by atoms with van der Waals surface area (Å²) in [7, 11) is 0. The zero-order chi connectivity index (χ0) is 13.7. The van der Waals surface area contributed by atoms with Crippen LogP contribution in [-0.2, 0) is 6.54 Å². The Hall–Kier alpha value is -2.24. The molecule has 0 bridgehead atoms. The van der Waals surface area contributed by atoms with Crippen molar-refractivity contribution in [3.63, 3.8) is 0 Å². The molecule has 2 aromatic heterocycles. The molecule has 0 radical (unpaired) electrons. The minimum Gasteiger partial charge on any atom is -0.383 e. The van der Waals surface area contributed by atoms with E-state index in [1.165, 1.54) is 4.68 Å². The number of hydrogen-bond acceptors (Lipinski definition) is 5. The van der Waals surface area contributed by atoms with Gasteiger partial charge in [-0.3, -0.25) is 4.79 Å². The van der Waals surface area contributed by atoms with Gasteiger partial charge in [-0.2, -0.15) is 5.10 Å². The molecule has 0 fully saturated rings. The number of rotatable bonds is 5. The van der Waals surface area contributed by atoms with E-state index in [0.717, 1.165) is 12.2 Å². The first kappa shape index (κ1) is 13.2. The van der Waals surface area contributed by atoms with Crippen molar-refractivity contribution in [2.24, 2.45) is 5.92 Å². The van der Waals surface area contributed by atoms with Crippen molar-refractivity contribution in [1.82, 2.24) is 19.7 Å². The first-order chi connectivity index (χ1) is 9.15. The predicted octanol–water partition coefficient (Wildman–Crippen LogP) is 1.15. The summed E-state index contributed by atoms with van der Waals surface area (Å²) in [5.41, 5.74) is 0.574. The molecule has 2 heterocycles. The SMILES string of the molecule is CC(C)CNc1cnn(Cc2ncccn2)c(=O)c1. The lowest BCUT2D eigenvalue weighted by atomic mass is 10.2. The molecule has 6 nitrogen and oxygen atoms in total. The van der Waals surface area contributed by atoms with E-state index < -0.39 is 0 Å². The van der Waals surface area contributed by atoms with Gasteiger partial charge in [0.15, 0.2) is 0 Å². The van der Waals surface area contributed by atoms with E-state index in [-0.39, 0.29) is 12.1 Å². The second-order valence-electron chi connectivity index (χ2n) is 4.68. The van der Waals surface area contributed by atoms with E-state index in [1.807, 2.05) is 0 Å². The van der Waals surface area contributed by atoms with Gasteiger partial charge in [-0.25, -0.2) is 14.6 Å². The molecule has 100 valence electrons. The highest BCUT2D eigenvalue weighted by Gasteiger charge is 2.03. The fourth-order valence-electron chi connectivity index (χ4n) is 1.52. The van der Waals surface area contributed by atoms with Gasteiger partial charge in [0.1, 0.15) is 12.4 Å². The molecule has 0 saturated heterocycles. The Morgan fingerprint density at radius 2 is 2.05 bits per heavy atom. The van der Waals surface area contributed by atoms with Gasteiger partial charge in [-0.15, -0.1) is 0 Å². The standard InChI is InChI=1S/C13H17N5O/c1-10(2)7-16-11-6-13(19)18(17-8-11)9-12-14-4-3-5-15-12/h3-6,8,10,16H,7,9H2,1-2H3. The van der Waals surface area contributed by atoms with Crippen LogP contribution in [0.4, 0.5) is 5.69 Å². The van der Waals surface area contributed by atoms with Crippen LogP contribution in [0.5, 0.6) is 0 Å². The average Bonchev–Trinajstić information content (AvgIpc) is 2.40. The Balaban J connectivity index is 2.09. The van der Waals surface area contributed by atoms with Crippen molar-refractivity contribution in [3.05, 3.63) is 46.9 Å². The molecule has 0 spiro atoms. The van der Waals surface area contributed by atoms with Gasteiger partial charge in [0.05, 0.1) is 11.9 Å². The van der Waals surface area contributed by atoms with Crippen molar-refractivity contribution in [1.29, 1.82) is 0 Å². The summed E-state index contributed by atoms with van der Waals surface area (Å²) in [6, 6.07) is 3.27. The maximum absolute atomic E-state index is 11.9. The van der Waals surface area contributed by atoms with Gasteiger partial charge in [0.25, 0.3) is 5.56 Å². The van der Waals surface area contributed by atoms with Crippen LogP contribution in [0.2, 0.25) is 0 Å². The Kier molecular flexibility index (Phi) is 4.22. The quantitative estimate of drug-likeness (QED) is 0.872. The molecular formula is C13H17N5O. The normalized spacial score (nSPS) is 10.7. The Labute approximate surface area is 111 Å². The topological polar surface area (TPSA) is 72.7 Å². The van der Waals surface area contributed by atoms with E-state index in [2.05, 4.69) is 34.2 Å². The van der Waals surface area contributed by atoms with Crippen molar-refractivity contribution in [2.75, 3.05) is 11.9 Å². The third-order valence-electron chi connectivity index (χ3n) is 2.49. The fourth-order valence-corrected chi connectivity index (χ4v) is 1.52. The molecular weight excluding hydrogens is 242 g/mol. The molecule has 0 aliphatic heterocycles. The smallest absolute Gasteiger partial charge is 0.269 e. The van der Waals surface area contributed by atoms with Crippen LogP contribution >= 0.6 is 0 Å². The minimum absolute atomic E-state index is 0.166. The first-order valence-corrected chi connectivity index (χ1v) is 6.22. The van der Waals surface area contributed by atoms with Gasteiger partial charge in [0.2, 0.25) is 0 Å². The number of nitrogens with zero attached hydrogens (tertiary/aromatic N) is 4. The van der Waals surface area contributed by atoms with E-state index in [9.17, 15) is 4.79 Å². The van der Waals surface area contributed by atoms with Crippen LogP contribution < -0.4 is 10.9 Å². The van der Waals surface area contributed by atoms with E-state index in [4.69, 9.17) is 0 Å². The minimum atomic E-state index is -0.166. The van der Waals surface area contributed by atoms with E-state index in [0.29, 0.717) is 11.7 Å². The molecule has 0 amide bonds. The largest absolute Gasteiger partial charge is 0.383 e. The molecule has 0 atom stereocenters. The maximum atomic E-state index is 11.9. The Morgan fingerprint density at radius 3 is 2.68 bits per heavy atom. The highest BCUT2D eigenvalue weighted by molar-refractivity contribution is 5.38. The van der Waals surface area contributed by atoms with Crippen molar-refractivity contribution < 1.29 is 0 Å². The Morgan fingerprint density at radius 1 is 1.32 bits per heavy atom. The highest BCUT2D eigenvalue weighted by Crippen LogP contribution is 2.02. The molecule has 0 saturated carbocycles. The summed E-state index contributed by atoms with van der Waals surface area (Å²) in [5, 5.41) is 7.28. The van der Waals surface area contributed by atoms with Crippen LogP contribution in [0.15, 0.2) is 35.5 Å². The number of aromatic nitrogens is 4. The Bertz CT molecular complexity index is 579. The molecule has 0 aromatic carbocycles. The van der Waals surface area contributed by atoms with Crippen molar-refractivity contribution >= 4 is 5.69 Å². The lowest BCUT2D eigenvalue weighted by Gasteiger charge is -2.09. The second kappa shape index (κ2) is 6.08. The molecule has 0 unspecified atom stereocenters. The summed E-state index contributed by atoms with van der Waals surface area (Å²) in [4.78, 5) is 20.0. The van der Waals surface area contributed by atoms with Crippen LogP contribution in [0, 0.1) is 5.92 Å². The van der Waals surface area contributed by atoms with Gasteiger partial charge < -0.3 is 5.32 Å². The highest BCUT2D eigenvalue weighted by atomic mass is 16.1. The molecule has 0 aliphatic rings. The average molecular weight is 259 g/mol. The molecule has 2 aromatic rings. The van der Waals surface area contributed by atoms with Crippen molar-refractivity contribution in [3.8, 4) is 0 Å². The molecule has 2 rings (SSSR count). The number of nitrogens with one attached hydrogen (secondary N) is 1. The predicted molar refractivity (Wildman–Crippen MR) is 73.0 cm³/mol. The zero-order valence-corrected chi connectivity index (χ0v) is 11.1. The summed E-state index contributed by atoms with van der Waals surface area (Å²) in [5.74, 6) is 1.08. The van der Waals surface area contributed by atoms with Crippen LogP contribution in [0.1, 0.15) is 19.7 Å². The lowest BCUT2D eigenvalue weighted by Crippen LogP contribution is -2.24. The van der Waals surface area contributed by atoms with Crippen molar-refractivity contribution in [2.45, 2.75) is 20.4 Å². The molecule has 19 heavy (non-hydrogen) atoms.